The number of nitrogens with two attached hydrogens (primary N) is 1. The van der Waals surface area contributed by atoms with E-state index in [0.29, 0.717) is 0 Å². The number of phenols is 1. The number of halogens is 2. The van der Waals surface area contributed by atoms with Crippen LogP contribution in [0.25, 0.3) is 0 Å². The SMILES string of the molecule is Cc1cc(F)c(NS(=O)(=O)c2ccc(O)c(N)c2)cc1F. The van der Waals surface area contributed by atoms with Gasteiger partial charge in [0, 0.05) is 6.07 Å². The standard InChI is InChI=1S/C13H12F2N2O3S/c1-7-4-10(15)12(6-9(7)14)17-21(19,20)8-2-3-13(18)11(16)5-8/h2-6,17-18H,16H2,1H3. The number of sulfonamides is 1. The van der Waals surface area contributed by atoms with Crippen molar-refractivity contribution in [2.24, 2.45) is 0 Å². The summed E-state index contributed by atoms with van der Waals surface area (Å²) in [5, 5.41) is 9.26. The van der Waals surface area contributed by atoms with Crippen LogP contribution in [0.1, 0.15) is 5.56 Å². The molecule has 0 heterocycles. The molecule has 0 saturated carbocycles. The molecule has 2 rings (SSSR count). The van der Waals surface area contributed by atoms with Crippen molar-refractivity contribution in [3.63, 3.8) is 0 Å². The summed E-state index contributed by atoms with van der Waals surface area (Å²) in [6.45, 7) is 1.36. The molecule has 0 unspecified atom stereocenters. The number of hydrogen-bond donors (Lipinski definition) is 3. The summed E-state index contributed by atoms with van der Waals surface area (Å²) in [6.07, 6.45) is 0. The van der Waals surface area contributed by atoms with Gasteiger partial charge in [-0.2, -0.15) is 0 Å². The molecule has 0 fully saturated rings. The molecule has 8 heteroatoms. The first kappa shape index (κ1) is 15.0. The second-order valence-corrected chi connectivity index (χ2v) is 6.09. The van der Waals surface area contributed by atoms with Gasteiger partial charge in [-0.25, -0.2) is 17.2 Å². The summed E-state index contributed by atoms with van der Waals surface area (Å²) in [6, 6.07) is 4.84. The fraction of sp³-hybridized carbons (Fsp3) is 0.0769. The lowest BCUT2D eigenvalue weighted by atomic mass is 10.2. The zero-order valence-corrected chi connectivity index (χ0v) is 11.7. The van der Waals surface area contributed by atoms with Gasteiger partial charge in [-0.1, -0.05) is 0 Å². The van der Waals surface area contributed by atoms with E-state index in [-0.39, 0.29) is 21.9 Å². The Hall–Kier alpha value is -2.35. The molecule has 0 amide bonds. The maximum absolute atomic E-state index is 13.7. The van der Waals surface area contributed by atoms with Crippen LogP contribution in [0.3, 0.4) is 0 Å². The van der Waals surface area contributed by atoms with Gasteiger partial charge in [0.05, 0.1) is 16.3 Å². The highest BCUT2D eigenvalue weighted by Crippen LogP contribution is 2.26. The van der Waals surface area contributed by atoms with Gasteiger partial charge in [0.1, 0.15) is 17.4 Å². The van der Waals surface area contributed by atoms with Gasteiger partial charge in [0.25, 0.3) is 10.0 Å². The molecule has 0 aliphatic rings. The number of anilines is 2. The lowest BCUT2D eigenvalue weighted by Crippen LogP contribution is -2.14. The Morgan fingerprint density at radius 3 is 2.43 bits per heavy atom. The number of hydrogen-bond acceptors (Lipinski definition) is 4. The number of aryl methyl sites for hydroxylation is 1. The monoisotopic (exact) mass is 314 g/mol. The summed E-state index contributed by atoms with van der Waals surface area (Å²) in [5.41, 5.74) is 4.81. The zero-order chi connectivity index (χ0) is 15.8. The van der Waals surface area contributed by atoms with Crippen molar-refractivity contribution in [2.45, 2.75) is 11.8 Å². The molecule has 0 aliphatic carbocycles. The Morgan fingerprint density at radius 1 is 1.14 bits per heavy atom. The van der Waals surface area contributed by atoms with Crippen LogP contribution in [-0.2, 0) is 10.0 Å². The van der Waals surface area contributed by atoms with E-state index in [1.807, 2.05) is 4.72 Å². The first-order valence-electron chi connectivity index (χ1n) is 5.77. The highest BCUT2D eigenvalue weighted by molar-refractivity contribution is 7.92. The van der Waals surface area contributed by atoms with E-state index in [2.05, 4.69) is 0 Å². The van der Waals surface area contributed by atoms with Crippen molar-refractivity contribution < 1.29 is 22.3 Å². The summed E-state index contributed by atoms with van der Waals surface area (Å²) >= 11 is 0. The maximum Gasteiger partial charge on any atom is 0.262 e. The van der Waals surface area contributed by atoms with Crippen LogP contribution in [0.15, 0.2) is 35.2 Å². The Labute approximate surface area is 120 Å². The summed E-state index contributed by atoms with van der Waals surface area (Å²) in [7, 11) is -4.15. The molecular formula is C13H12F2N2O3S. The topological polar surface area (TPSA) is 92.4 Å². The lowest BCUT2D eigenvalue weighted by molar-refractivity contribution is 0.477. The summed E-state index contributed by atoms with van der Waals surface area (Å²) < 4.78 is 53.2. The highest BCUT2D eigenvalue weighted by atomic mass is 32.2. The largest absolute Gasteiger partial charge is 0.506 e. The van der Waals surface area contributed by atoms with E-state index in [1.165, 1.54) is 6.92 Å². The Kier molecular flexibility index (Phi) is 3.73. The first-order valence-corrected chi connectivity index (χ1v) is 7.26. The highest BCUT2D eigenvalue weighted by Gasteiger charge is 2.18. The van der Waals surface area contributed by atoms with Gasteiger partial charge >= 0.3 is 0 Å². The molecule has 0 aromatic heterocycles. The van der Waals surface area contributed by atoms with E-state index in [4.69, 9.17) is 5.73 Å². The summed E-state index contributed by atoms with van der Waals surface area (Å²) in [4.78, 5) is -0.279. The van der Waals surface area contributed by atoms with Crippen molar-refractivity contribution in [1.29, 1.82) is 0 Å². The van der Waals surface area contributed by atoms with Gasteiger partial charge in [-0.15, -0.1) is 0 Å². The van der Waals surface area contributed by atoms with E-state index in [1.54, 1.807) is 0 Å². The average molecular weight is 314 g/mol. The second-order valence-electron chi connectivity index (χ2n) is 4.41. The van der Waals surface area contributed by atoms with Crippen LogP contribution in [0.2, 0.25) is 0 Å². The van der Waals surface area contributed by atoms with Crippen molar-refractivity contribution in [1.82, 2.24) is 0 Å². The average Bonchev–Trinajstić information content (AvgIpc) is 2.39. The van der Waals surface area contributed by atoms with Gasteiger partial charge in [0.2, 0.25) is 0 Å². The Morgan fingerprint density at radius 2 is 1.81 bits per heavy atom. The van der Waals surface area contributed by atoms with Crippen molar-refractivity contribution >= 4 is 21.4 Å². The normalized spacial score (nSPS) is 11.4. The third-order valence-corrected chi connectivity index (χ3v) is 4.17. The van der Waals surface area contributed by atoms with Gasteiger partial charge in [0.15, 0.2) is 0 Å². The van der Waals surface area contributed by atoms with Crippen LogP contribution in [0.4, 0.5) is 20.2 Å². The zero-order valence-electron chi connectivity index (χ0n) is 10.9. The van der Waals surface area contributed by atoms with Gasteiger partial charge < -0.3 is 10.8 Å². The predicted octanol–water partition coefficient (Wildman–Crippen LogP) is 2.36. The maximum atomic E-state index is 13.7. The molecule has 0 bridgehead atoms. The lowest BCUT2D eigenvalue weighted by Gasteiger charge is -2.11. The first-order chi connectivity index (χ1) is 9.70. The molecule has 0 atom stereocenters. The quantitative estimate of drug-likeness (QED) is 0.599. The fourth-order valence-electron chi connectivity index (χ4n) is 1.63. The molecule has 0 radical (unpaired) electrons. The number of rotatable bonds is 3. The number of nitrogen functional groups attached to an aromatic ring is 1. The number of phenolic OH excluding ortho intramolecular Hbond substituents is 1. The molecule has 2 aromatic rings. The molecule has 112 valence electrons. The van der Waals surface area contributed by atoms with Crippen LogP contribution in [-0.4, -0.2) is 13.5 Å². The Balaban J connectivity index is 2.42. The molecule has 5 nitrogen and oxygen atoms in total. The minimum atomic E-state index is -4.15. The van der Waals surface area contributed by atoms with Gasteiger partial charge in [-0.3, -0.25) is 4.72 Å². The molecule has 0 spiro atoms. The van der Waals surface area contributed by atoms with E-state index in [0.717, 1.165) is 30.3 Å². The molecule has 4 N–H and O–H groups in total. The molecular weight excluding hydrogens is 302 g/mol. The smallest absolute Gasteiger partial charge is 0.262 e. The summed E-state index contributed by atoms with van der Waals surface area (Å²) in [5.74, 6) is -1.91. The van der Waals surface area contributed by atoms with Gasteiger partial charge in [-0.05, 0) is 36.8 Å². The van der Waals surface area contributed by atoms with Crippen molar-refractivity contribution in [3.8, 4) is 5.75 Å². The third-order valence-electron chi connectivity index (χ3n) is 2.80. The number of aromatic hydroxyl groups is 1. The molecule has 2 aromatic carbocycles. The van der Waals surface area contributed by atoms with Crippen LogP contribution in [0.5, 0.6) is 5.75 Å². The van der Waals surface area contributed by atoms with E-state index < -0.39 is 27.3 Å². The van der Waals surface area contributed by atoms with E-state index >= 15 is 0 Å². The van der Waals surface area contributed by atoms with E-state index in [9.17, 15) is 22.3 Å². The number of nitrogens with one attached hydrogen (secondary N) is 1. The van der Waals surface area contributed by atoms with Crippen LogP contribution >= 0.6 is 0 Å². The fourth-order valence-corrected chi connectivity index (χ4v) is 2.72. The number of benzene rings is 2. The minimum absolute atomic E-state index is 0.0596. The Bertz CT molecular complexity index is 807. The van der Waals surface area contributed by atoms with Crippen LogP contribution in [0, 0.1) is 18.6 Å². The minimum Gasteiger partial charge on any atom is -0.506 e. The van der Waals surface area contributed by atoms with Crippen molar-refractivity contribution in [3.05, 3.63) is 47.5 Å². The van der Waals surface area contributed by atoms with Crippen molar-refractivity contribution in [2.75, 3.05) is 10.5 Å². The molecule has 0 aliphatic heterocycles. The molecule has 21 heavy (non-hydrogen) atoms. The second kappa shape index (κ2) is 5.21. The molecule has 0 saturated heterocycles. The third kappa shape index (κ3) is 3.05. The predicted molar refractivity (Wildman–Crippen MR) is 74.4 cm³/mol. The van der Waals surface area contributed by atoms with Crippen LogP contribution < -0.4 is 10.5 Å².